The third kappa shape index (κ3) is 5.66. The van der Waals surface area contributed by atoms with Gasteiger partial charge in [0, 0.05) is 5.69 Å². The van der Waals surface area contributed by atoms with Crippen LogP contribution in [0.15, 0.2) is 71.6 Å². The van der Waals surface area contributed by atoms with Gasteiger partial charge in [0.05, 0.1) is 33.3 Å². The lowest BCUT2D eigenvalue weighted by Gasteiger charge is -2.11. The van der Waals surface area contributed by atoms with Gasteiger partial charge < -0.3 is 10.1 Å². The van der Waals surface area contributed by atoms with Gasteiger partial charge in [0.1, 0.15) is 0 Å². The van der Waals surface area contributed by atoms with E-state index in [1.54, 1.807) is 31.2 Å². The van der Waals surface area contributed by atoms with Crippen LogP contribution < -0.4 is 10.0 Å². The van der Waals surface area contributed by atoms with Gasteiger partial charge in [0.2, 0.25) is 0 Å². The highest BCUT2D eigenvalue weighted by atomic mass is 35.5. The summed E-state index contributed by atoms with van der Waals surface area (Å²) in [6, 6.07) is 16.9. The number of hydrogen-bond donors (Lipinski definition) is 2. The second-order valence-electron chi connectivity index (χ2n) is 6.87. The number of sulfonamides is 1. The van der Waals surface area contributed by atoms with Crippen LogP contribution in [0.25, 0.3) is 0 Å². The van der Waals surface area contributed by atoms with Crippen molar-refractivity contribution in [3.63, 3.8) is 0 Å². The van der Waals surface area contributed by atoms with Crippen molar-refractivity contribution in [2.45, 2.75) is 18.7 Å². The Morgan fingerprint density at radius 1 is 0.938 bits per heavy atom. The second-order valence-corrected chi connectivity index (χ2v) is 8.95. The average molecular weight is 473 g/mol. The van der Waals surface area contributed by atoms with E-state index in [1.807, 2.05) is 6.92 Å². The number of halogens is 1. The molecule has 0 heterocycles. The monoisotopic (exact) mass is 472 g/mol. The van der Waals surface area contributed by atoms with E-state index in [9.17, 15) is 18.0 Å². The maximum Gasteiger partial charge on any atom is 0.338 e. The molecule has 166 valence electrons. The molecule has 0 bridgehead atoms. The fourth-order valence-electron chi connectivity index (χ4n) is 2.80. The van der Waals surface area contributed by atoms with Crippen LogP contribution in [0, 0.1) is 6.92 Å². The van der Waals surface area contributed by atoms with Gasteiger partial charge in [-0.3, -0.25) is 9.52 Å². The van der Waals surface area contributed by atoms with Crippen molar-refractivity contribution in [3.8, 4) is 0 Å². The first-order valence-electron chi connectivity index (χ1n) is 9.67. The highest BCUT2D eigenvalue weighted by molar-refractivity contribution is 7.92. The Kier molecular flexibility index (Phi) is 7.17. The van der Waals surface area contributed by atoms with Crippen molar-refractivity contribution in [2.75, 3.05) is 16.6 Å². The summed E-state index contributed by atoms with van der Waals surface area (Å²) in [7, 11) is -3.79. The largest absolute Gasteiger partial charge is 0.462 e. The summed E-state index contributed by atoms with van der Waals surface area (Å²) in [5, 5.41) is 2.76. The topological polar surface area (TPSA) is 102 Å². The van der Waals surface area contributed by atoms with Gasteiger partial charge in [-0.1, -0.05) is 29.3 Å². The van der Waals surface area contributed by atoms with E-state index in [2.05, 4.69) is 10.0 Å². The van der Waals surface area contributed by atoms with Crippen molar-refractivity contribution in [1.82, 2.24) is 0 Å². The molecule has 0 radical (unpaired) electrons. The number of amides is 1. The molecule has 0 aliphatic rings. The lowest BCUT2D eigenvalue weighted by atomic mass is 10.1. The van der Waals surface area contributed by atoms with E-state index in [0.717, 1.165) is 5.56 Å². The molecule has 3 aromatic rings. The fourth-order valence-corrected chi connectivity index (χ4v) is 4.11. The van der Waals surface area contributed by atoms with Crippen LogP contribution in [0.3, 0.4) is 0 Å². The van der Waals surface area contributed by atoms with E-state index in [4.69, 9.17) is 16.3 Å². The number of carbonyl (C=O) groups excluding carboxylic acids is 2. The fraction of sp³-hybridized carbons (Fsp3) is 0.130. The number of hydrogen-bond acceptors (Lipinski definition) is 5. The summed E-state index contributed by atoms with van der Waals surface area (Å²) < 4.78 is 32.4. The SMILES string of the molecule is CCOC(=O)c1ccc(NC(=O)c2ccc(NS(=O)(=O)c3ccc(C)cc3)cc2Cl)cc1. The Morgan fingerprint density at radius 2 is 1.56 bits per heavy atom. The summed E-state index contributed by atoms with van der Waals surface area (Å²) in [6.45, 7) is 3.85. The number of carbonyl (C=O) groups is 2. The van der Waals surface area contributed by atoms with Gasteiger partial charge in [-0.15, -0.1) is 0 Å². The van der Waals surface area contributed by atoms with Crippen molar-refractivity contribution in [1.29, 1.82) is 0 Å². The lowest BCUT2D eigenvalue weighted by Crippen LogP contribution is -2.15. The van der Waals surface area contributed by atoms with E-state index in [0.29, 0.717) is 11.3 Å². The normalized spacial score (nSPS) is 11.0. The molecule has 0 saturated heterocycles. The van der Waals surface area contributed by atoms with Gasteiger partial charge >= 0.3 is 5.97 Å². The van der Waals surface area contributed by atoms with Crippen LogP contribution in [-0.4, -0.2) is 26.9 Å². The van der Waals surface area contributed by atoms with Gasteiger partial charge in [0.15, 0.2) is 0 Å². The summed E-state index contributed by atoms with van der Waals surface area (Å²) in [5.41, 5.74) is 2.17. The maximum atomic E-state index is 12.6. The highest BCUT2D eigenvalue weighted by Gasteiger charge is 2.17. The molecule has 0 saturated carbocycles. The van der Waals surface area contributed by atoms with Crippen LogP contribution in [0.1, 0.15) is 33.2 Å². The molecular formula is C23H21ClN2O5S. The lowest BCUT2D eigenvalue weighted by molar-refractivity contribution is 0.0526. The van der Waals surface area contributed by atoms with Crippen LogP contribution in [-0.2, 0) is 14.8 Å². The number of esters is 1. The zero-order valence-electron chi connectivity index (χ0n) is 17.4. The van der Waals surface area contributed by atoms with Crippen LogP contribution in [0.4, 0.5) is 11.4 Å². The van der Waals surface area contributed by atoms with E-state index in [1.165, 1.54) is 42.5 Å². The summed E-state index contributed by atoms with van der Waals surface area (Å²) in [6.07, 6.45) is 0. The molecule has 1 amide bonds. The van der Waals surface area contributed by atoms with Crippen LogP contribution >= 0.6 is 11.6 Å². The molecule has 0 fully saturated rings. The number of nitrogens with one attached hydrogen (secondary N) is 2. The van der Waals surface area contributed by atoms with Crippen molar-refractivity contribution < 1.29 is 22.7 Å². The van der Waals surface area contributed by atoms with E-state index < -0.39 is 21.9 Å². The van der Waals surface area contributed by atoms with Crippen molar-refractivity contribution in [2.24, 2.45) is 0 Å². The quantitative estimate of drug-likeness (QED) is 0.477. The minimum atomic E-state index is -3.79. The molecule has 3 rings (SSSR count). The Labute approximate surface area is 191 Å². The molecule has 0 atom stereocenters. The molecular weight excluding hydrogens is 452 g/mol. The molecule has 0 aliphatic heterocycles. The predicted molar refractivity (Wildman–Crippen MR) is 124 cm³/mol. The number of anilines is 2. The third-order valence-electron chi connectivity index (χ3n) is 4.45. The zero-order valence-corrected chi connectivity index (χ0v) is 19.0. The molecule has 32 heavy (non-hydrogen) atoms. The Balaban J connectivity index is 1.71. The number of aryl methyl sites for hydroxylation is 1. The zero-order chi connectivity index (χ0) is 23.3. The molecule has 9 heteroatoms. The van der Waals surface area contributed by atoms with Gasteiger partial charge in [-0.25, -0.2) is 13.2 Å². The van der Waals surface area contributed by atoms with E-state index in [-0.39, 0.29) is 27.8 Å². The number of rotatable bonds is 7. The maximum absolute atomic E-state index is 12.6. The summed E-state index contributed by atoms with van der Waals surface area (Å²) in [5.74, 6) is -0.927. The minimum absolute atomic E-state index is 0.0785. The Morgan fingerprint density at radius 3 is 2.16 bits per heavy atom. The van der Waals surface area contributed by atoms with Crippen LogP contribution in [0.2, 0.25) is 5.02 Å². The van der Waals surface area contributed by atoms with Crippen molar-refractivity contribution in [3.05, 3.63) is 88.4 Å². The average Bonchev–Trinajstić information content (AvgIpc) is 2.74. The summed E-state index contributed by atoms with van der Waals surface area (Å²) in [4.78, 5) is 24.4. The van der Waals surface area contributed by atoms with Gasteiger partial charge in [0.25, 0.3) is 15.9 Å². The third-order valence-corrected chi connectivity index (χ3v) is 6.16. The molecule has 0 unspecified atom stereocenters. The molecule has 7 nitrogen and oxygen atoms in total. The standard InChI is InChI=1S/C23H21ClN2O5S/c1-3-31-23(28)16-6-8-17(9-7-16)25-22(27)20-13-10-18(14-21(20)24)26-32(29,30)19-11-4-15(2)5-12-19/h4-14,26H,3H2,1-2H3,(H,25,27). The Bertz CT molecular complexity index is 1240. The van der Waals surface area contributed by atoms with Crippen molar-refractivity contribution >= 4 is 44.9 Å². The minimum Gasteiger partial charge on any atom is -0.462 e. The molecule has 2 N–H and O–H groups in total. The summed E-state index contributed by atoms with van der Waals surface area (Å²) >= 11 is 6.23. The van der Waals surface area contributed by atoms with E-state index >= 15 is 0 Å². The first-order valence-corrected chi connectivity index (χ1v) is 11.5. The molecule has 0 spiro atoms. The van der Waals surface area contributed by atoms with Gasteiger partial charge in [-0.2, -0.15) is 0 Å². The number of benzene rings is 3. The van der Waals surface area contributed by atoms with Crippen LogP contribution in [0.5, 0.6) is 0 Å². The molecule has 0 aromatic heterocycles. The smallest absolute Gasteiger partial charge is 0.338 e. The first kappa shape index (κ1) is 23.3. The second kappa shape index (κ2) is 9.84. The molecule has 0 aliphatic carbocycles. The first-order chi connectivity index (χ1) is 15.2. The Hall–Kier alpha value is -3.36. The molecule has 3 aromatic carbocycles. The van der Waals surface area contributed by atoms with Gasteiger partial charge in [-0.05, 0) is 68.4 Å². The predicted octanol–water partition coefficient (Wildman–Crippen LogP) is 4.88. The number of ether oxygens (including phenoxy) is 1. The highest BCUT2D eigenvalue weighted by Crippen LogP contribution is 2.24.